The Balaban J connectivity index is 1.96. The van der Waals surface area contributed by atoms with Gasteiger partial charge >= 0.3 is 0 Å². The Morgan fingerprint density at radius 2 is 2.15 bits per heavy atom. The van der Waals surface area contributed by atoms with Gasteiger partial charge in [0.25, 0.3) is 0 Å². The zero-order valence-electron chi connectivity index (χ0n) is 11.3. The molecule has 0 radical (unpaired) electrons. The van der Waals surface area contributed by atoms with Crippen LogP contribution in [-0.2, 0) is 12.8 Å². The van der Waals surface area contributed by atoms with Crippen LogP contribution in [0.5, 0.6) is 0 Å². The molecule has 0 aliphatic heterocycles. The van der Waals surface area contributed by atoms with E-state index in [0.29, 0.717) is 18.5 Å². The van der Waals surface area contributed by atoms with Crippen LogP contribution in [0.15, 0.2) is 29.6 Å². The topological polar surface area (TPSA) is 56.9 Å². The van der Waals surface area contributed by atoms with Crippen LogP contribution in [0.2, 0.25) is 0 Å². The van der Waals surface area contributed by atoms with Gasteiger partial charge < -0.3 is 5.11 Å². The zero-order valence-corrected chi connectivity index (χ0v) is 12.2. The lowest BCUT2D eigenvalue weighted by Crippen LogP contribution is -2.34. The molecule has 2 atom stereocenters. The number of nitriles is 1. The fourth-order valence-corrected chi connectivity index (χ4v) is 3.57. The lowest BCUT2D eigenvalue weighted by Gasteiger charge is -2.35. The molecule has 1 aromatic carbocycles. The Morgan fingerprint density at radius 1 is 1.40 bits per heavy atom. The molecule has 20 heavy (non-hydrogen) atoms. The third-order valence-corrected chi connectivity index (χ3v) is 4.92. The van der Waals surface area contributed by atoms with Crippen LogP contribution in [0.4, 0.5) is 0 Å². The fraction of sp³-hybridized carbons (Fsp3) is 0.375. The van der Waals surface area contributed by atoms with E-state index in [9.17, 15) is 10.4 Å². The lowest BCUT2D eigenvalue weighted by atomic mass is 9.68. The number of benzene rings is 1. The molecule has 0 fully saturated rings. The first-order chi connectivity index (χ1) is 9.64. The van der Waals surface area contributed by atoms with Gasteiger partial charge in [0, 0.05) is 5.38 Å². The van der Waals surface area contributed by atoms with Gasteiger partial charge in [-0.2, -0.15) is 5.26 Å². The van der Waals surface area contributed by atoms with Crippen LogP contribution < -0.4 is 0 Å². The summed E-state index contributed by atoms with van der Waals surface area (Å²) in [6.45, 7) is 1.91. The van der Waals surface area contributed by atoms with Gasteiger partial charge in [-0.3, -0.25) is 0 Å². The minimum absolute atomic E-state index is 0.595. The van der Waals surface area contributed by atoms with Crippen molar-refractivity contribution in [2.24, 2.45) is 5.41 Å². The molecule has 1 heterocycles. The summed E-state index contributed by atoms with van der Waals surface area (Å²) < 4.78 is 0. The molecule has 0 amide bonds. The Morgan fingerprint density at radius 3 is 2.80 bits per heavy atom. The molecule has 1 aliphatic carbocycles. The first-order valence-corrected chi connectivity index (χ1v) is 7.61. The van der Waals surface area contributed by atoms with E-state index in [0.717, 1.165) is 11.4 Å². The molecule has 4 heteroatoms. The first-order valence-electron chi connectivity index (χ1n) is 6.73. The molecule has 0 bridgehead atoms. The predicted octanol–water partition coefficient (Wildman–Crippen LogP) is 3.18. The Kier molecular flexibility index (Phi) is 3.33. The molecule has 0 spiro atoms. The van der Waals surface area contributed by atoms with Crippen molar-refractivity contribution in [3.05, 3.63) is 51.5 Å². The summed E-state index contributed by atoms with van der Waals surface area (Å²) in [4.78, 5) is 4.35. The maximum atomic E-state index is 10.7. The van der Waals surface area contributed by atoms with Crippen LogP contribution in [0.25, 0.3) is 0 Å². The monoisotopic (exact) mass is 284 g/mol. The molecule has 1 N–H and O–H groups in total. The van der Waals surface area contributed by atoms with Crippen LogP contribution in [-0.4, -0.2) is 10.1 Å². The third-order valence-electron chi connectivity index (χ3n) is 4.13. The van der Waals surface area contributed by atoms with E-state index in [1.54, 1.807) is 0 Å². The number of hydrogen-bond acceptors (Lipinski definition) is 4. The summed E-state index contributed by atoms with van der Waals surface area (Å²) in [7, 11) is 0. The maximum Gasteiger partial charge on any atom is 0.116 e. The second kappa shape index (κ2) is 5.01. The molecule has 2 unspecified atom stereocenters. The highest BCUT2D eigenvalue weighted by atomic mass is 32.1. The van der Waals surface area contributed by atoms with Gasteiger partial charge in [0.15, 0.2) is 0 Å². The highest BCUT2D eigenvalue weighted by Gasteiger charge is 2.42. The molecular formula is C16H16N2OS. The van der Waals surface area contributed by atoms with E-state index in [1.165, 1.54) is 22.5 Å². The summed E-state index contributed by atoms with van der Waals surface area (Å²) in [6.07, 6.45) is 1.30. The molecule has 0 saturated carbocycles. The number of aryl methyl sites for hydroxylation is 2. The Bertz CT molecular complexity index is 673. The summed E-state index contributed by atoms with van der Waals surface area (Å²) in [5.41, 5.74) is 2.34. The van der Waals surface area contributed by atoms with Gasteiger partial charge in [0.1, 0.15) is 6.10 Å². The van der Waals surface area contributed by atoms with E-state index in [4.69, 9.17) is 0 Å². The summed E-state index contributed by atoms with van der Waals surface area (Å²) in [6, 6.07) is 10.6. The van der Waals surface area contributed by atoms with Crippen molar-refractivity contribution in [2.75, 3.05) is 0 Å². The number of thiazole rings is 1. The minimum atomic E-state index is -0.814. The van der Waals surface area contributed by atoms with Gasteiger partial charge in [-0.15, -0.1) is 11.3 Å². The van der Waals surface area contributed by atoms with Crippen molar-refractivity contribution < 1.29 is 5.11 Å². The SMILES string of the molecule is Cc1nc(C(O)C2(C#N)CCc3ccccc3C2)cs1. The molecule has 0 saturated heterocycles. The van der Waals surface area contributed by atoms with Gasteiger partial charge in [0.05, 0.1) is 22.2 Å². The van der Waals surface area contributed by atoms with Gasteiger partial charge in [0.2, 0.25) is 0 Å². The highest BCUT2D eigenvalue weighted by molar-refractivity contribution is 7.09. The van der Waals surface area contributed by atoms with Crippen LogP contribution >= 0.6 is 11.3 Å². The van der Waals surface area contributed by atoms with E-state index >= 15 is 0 Å². The molecule has 2 aromatic rings. The number of hydrogen-bond donors (Lipinski definition) is 1. The second-order valence-electron chi connectivity index (χ2n) is 5.41. The Hall–Kier alpha value is -1.70. The smallest absolute Gasteiger partial charge is 0.116 e. The molecular weight excluding hydrogens is 268 g/mol. The standard InChI is InChI=1S/C16H16N2OS/c1-11-18-14(9-20-11)15(19)16(10-17)7-6-12-4-2-3-5-13(12)8-16/h2-5,9,15,19H,6-8H2,1H3. The fourth-order valence-electron chi connectivity index (χ4n) is 2.94. The first kappa shape index (κ1) is 13.3. The van der Waals surface area contributed by atoms with E-state index < -0.39 is 11.5 Å². The number of aliphatic hydroxyl groups excluding tert-OH is 1. The van der Waals surface area contributed by atoms with Gasteiger partial charge in [-0.05, 0) is 37.3 Å². The van der Waals surface area contributed by atoms with E-state index in [-0.39, 0.29) is 0 Å². The number of nitrogens with zero attached hydrogens (tertiary/aromatic N) is 2. The van der Waals surface area contributed by atoms with Crippen molar-refractivity contribution in [2.45, 2.75) is 32.3 Å². The molecule has 1 aliphatic rings. The zero-order chi connectivity index (χ0) is 14.2. The molecule has 3 nitrogen and oxygen atoms in total. The molecule has 102 valence electrons. The van der Waals surface area contributed by atoms with Gasteiger partial charge in [-0.1, -0.05) is 24.3 Å². The second-order valence-corrected chi connectivity index (χ2v) is 6.47. The normalized spacial score (nSPS) is 22.9. The van der Waals surface area contributed by atoms with Crippen LogP contribution in [0.1, 0.15) is 34.4 Å². The van der Waals surface area contributed by atoms with Crippen molar-refractivity contribution in [3.63, 3.8) is 0 Å². The number of aromatic nitrogens is 1. The Labute approximate surface area is 122 Å². The largest absolute Gasteiger partial charge is 0.385 e. The summed E-state index contributed by atoms with van der Waals surface area (Å²) >= 11 is 1.51. The van der Waals surface area contributed by atoms with Crippen LogP contribution in [0.3, 0.4) is 0 Å². The molecule has 1 aromatic heterocycles. The minimum Gasteiger partial charge on any atom is -0.385 e. The maximum absolute atomic E-state index is 10.7. The number of aliphatic hydroxyl groups is 1. The van der Waals surface area contributed by atoms with Gasteiger partial charge in [-0.25, -0.2) is 4.98 Å². The lowest BCUT2D eigenvalue weighted by molar-refractivity contribution is 0.0495. The van der Waals surface area contributed by atoms with Crippen molar-refractivity contribution in [1.29, 1.82) is 5.26 Å². The predicted molar refractivity (Wildman–Crippen MR) is 78.3 cm³/mol. The van der Waals surface area contributed by atoms with Crippen LogP contribution in [0, 0.1) is 23.7 Å². The number of rotatable bonds is 2. The summed E-state index contributed by atoms with van der Waals surface area (Å²) in [5.74, 6) is 0. The average Bonchev–Trinajstić information content (AvgIpc) is 2.92. The summed E-state index contributed by atoms with van der Waals surface area (Å²) in [5, 5.41) is 23.1. The van der Waals surface area contributed by atoms with Crippen molar-refractivity contribution in [3.8, 4) is 6.07 Å². The highest BCUT2D eigenvalue weighted by Crippen LogP contribution is 2.44. The average molecular weight is 284 g/mol. The molecule has 3 rings (SSSR count). The third kappa shape index (κ3) is 2.13. The van der Waals surface area contributed by atoms with Crippen molar-refractivity contribution >= 4 is 11.3 Å². The quantitative estimate of drug-likeness (QED) is 0.921. The van der Waals surface area contributed by atoms with Crippen molar-refractivity contribution in [1.82, 2.24) is 4.98 Å². The van der Waals surface area contributed by atoms with E-state index in [1.807, 2.05) is 24.4 Å². The number of fused-ring (bicyclic) bond motifs is 1. The van der Waals surface area contributed by atoms with E-state index in [2.05, 4.69) is 23.2 Å².